The average Bonchev–Trinajstić information content (AvgIpc) is 2.50. The van der Waals surface area contributed by atoms with Gasteiger partial charge in [-0.15, -0.1) is 0 Å². The van der Waals surface area contributed by atoms with Gasteiger partial charge < -0.3 is 4.74 Å². The van der Waals surface area contributed by atoms with Gasteiger partial charge in [0.15, 0.2) is 0 Å². The van der Waals surface area contributed by atoms with Crippen molar-refractivity contribution in [1.82, 2.24) is 5.32 Å². The minimum atomic E-state index is -0.153. The Kier molecular flexibility index (Phi) is 4.05. The Morgan fingerprint density at radius 1 is 1.33 bits per heavy atom. The van der Waals surface area contributed by atoms with E-state index in [4.69, 9.17) is 4.74 Å². The summed E-state index contributed by atoms with van der Waals surface area (Å²) in [6, 6.07) is 0. The van der Waals surface area contributed by atoms with Gasteiger partial charge in [0.25, 0.3) is 0 Å². The Morgan fingerprint density at radius 2 is 2.11 bits per heavy atom. The fraction of sp³-hybridized carbons (Fsp3) is 0.857. The van der Waals surface area contributed by atoms with Crippen molar-refractivity contribution < 1.29 is 14.3 Å². The molecule has 0 bridgehead atoms. The maximum Gasteiger partial charge on any atom is 0.230 e. The summed E-state index contributed by atoms with van der Waals surface area (Å²) in [5.74, 6) is 0.260. The van der Waals surface area contributed by atoms with Crippen LogP contribution in [0.1, 0.15) is 46.0 Å². The molecule has 4 nitrogen and oxygen atoms in total. The lowest BCUT2D eigenvalue weighted by Gasteiger charge is -2.42. The largest absolute Gasteiger partial charge is 0.381 e. The minimum Gasteiger partial charge on any atom is -0.381 e. The highest BCUT2D eigenvalue weighted by Crippen LogP contribution is 2.46. The van der Waals surface area contributed by atoms with E-state index in [9.17, 15) is 9.59 Å². The highest BCUT2D eigenvalue weighted by atomic mass is 16.5. The summed E-state index contributed by atoms with van der Waals surface area (Å²) in [6.07, 6.45) is 4.07. The molecular weight excluding hydrogens is 230 g/mol. The topological polar surface area (TPSA) is 55.4 Å². The normalized spacial score (nSPS) is 33.6. The van der Waals surface area contributed by atoms with Gasteiger partial charge in [0, 0.05) is 25.6 Å². The lowest BCUT2D eigenvalue weighted by molar-refractivity contribution is -0.145. The van der Waals surface area contributed by atoms with Gasteiger partial charge in [-0.05, 0) is 37.0 Å². The molecule has 2 saturated heterocycles. The fourth-order valence-corrected chi connectivity index (χ4v) is 3.37. The van der Waals surface area contributed by atoms with Crippen LogP contribution in [0, 0.1) is 17.3 Å². The van der Waals surface area contributed by atoms with Crippen molar-refractivity contribution >= 4 is 11.8 Å². The molecular formula is C14H23NO3. The molecule has 1 spiro atoms. The second-order valence-corrected chi connectivity index (χ2v) is 6.10. The van der Waals surface area contributed by atoms with E-state index in [1.807, 2.05) is 0 Å². The van der Waals surface area contributed by atoms with E-state index in [-0.39, 0.29) is 23.1 Å². The molecule has 2 atom stereocenters. The number of hydrogen-bond donors (Lipinski definition) is 1. The van der Waals surface area contributed by atoms with Crippen LogP contribution in [0.2, 0.25) is 0 Å². The van der Waals surface area contributed by atoms with Crippen molar-refractivity contribution in [3.8, 4) is 0 Å². The Balaban J connectivity index is 2.24. The second-order valence-electron chi connectivity index (χ2n) is 6.10. The summed E-state index contributed by atoms with van der Waals surface area (Å²) in [6.45, 7) is 5.69. The number of carbonyl (C=O) groups is 2. The summed E-state index contributed by atoms with van der Waals surface area (Å²) in [7, 11) is 0. The van der Waals surface area contributed by atoms with Crippen molar-refractivity contribution in [2.75, 3.05) is 13.2 Å². The first-order valence-electron chi connectivity index (χ1n) is 6.95. The van der Waals surface area contributed by atoms with Crippen LogP contribution < -0.4 is 5.32 Å². The van der Waals surface area contributed by atoms with Gasteiger partial charge >= 0.3 is 0 Å². The third-order valence-corrected chi connectivity index (χ3v) is 4.25. The SMILES string of the molecule is CC(C)CC1C(=O)NC(=O)CC12CCCOCC2. The third kappa shape index (κ3) is 2.74. The fourth-order valence-electron chi connectivity index (χ4n) is 3.37. The maximum atomic E-state index is 12.2. The zero-order valence-electron chi connectivity index (χ0n) is 11.3. The van der Waals surface area contributed by atoms with Crippen LogP contribution in [0.4, 0.5) is 0 Å². The number of ether oxygens (including phenoxy) is 1. The first-order chi connectivity index (χ1) is 8.53. The summed E-state index contributed by atoms with van der Waals surface area (Å²) < 4.78 is 5.50. The molecule has 4 heteroatoms. The van der Waals surface area contributed by atoms with Gasteiger partial charge in [-0.2, -0.15) is 0 Å². The number of hydrogen-bond acceptors (Lipinski definition) is 3. The lowest BCUT2D eigenvalue weighted by atomic mass is 9.63. The molecule has 0 saturated carbocycles. The number of amides is 2. The van der Waals surface area contributed by atoms with Gasteiger partial charge in [-0.25, -0.2) is 0 Å². The van der Waals surface area contributed by atoms with Crippen molar-refractivity contribution in [2.45, 2.75) is 46.0 Å². The van der Waals surface area contributed by atoms with E-state index in [0.717, 1.165) is 32.3 Å². The Morgan fingerprint density at radius 3 is 2.83 bits per heavy atom. The van der Waals surface area contributed by atoms with Crippen LogP contribution >= 0.6 is 0 Å². The summed E-state index contributed by atoms with van der Waals surface area (Å²) in [4.78, 5) is 23.9. The van der Waals surface area contributed by atoms with Crippen LogP contribution in [-0.2, 0) is 14.3 Å². The zero-order valence-corrected chi connectivity index (χ0v) is 11.3. The molecule has 2 aliphatic rings. The number of piperidine rings is 1. The van der Waals surface area contributed by atoms with Crippen LogP contribution in [0.15, 0.2) is 0 Å². The van der Waals surface area contributed by atoms with Crippen molar-refractivity contribution in [2.24, 2.45) is 17.3 Å². The summed E-state index contributed by atoms with van der Waals surface area (Å²) >= 11 is 0. The monoisotopic (exact) mass is 253 g/mol. The van der Waals surface area contributed by atoms with Crippen molar-refractivity contribution in [3.05, 3.63) is 0 Å². The molecule has 2 amide bonds. The quantitative estimate of drug-likeness (QED) is 0.764. The van der Waals surface area contributed by atoms with Crippen molar-refractivity contribution in [3.63, 3.8) is 0 Å². The molecule has 102 valence electrons. The standard InChI is InChI=1S/C14H23NO3/c1-10(2)8-11-13(17)15-12(16)9-14(11)4-3-6-18-7-5-14/h10-11H,3-9H2,1-2H3,(H,15,16,17). The van der Waals surface area contributed by atoms with E-state index in [2.05, 4.69) is 19.2 Å². The molecule has 2 fully saturated rings. The molecule has 0 radical (unpaired) electrons. The number of imide groups is 1. The Labute approximate surface area is 108 Å². The summed E-state index contributed by atoms with van der Waals surface area (Å²) in [5, 5.41) is 2.51. The molecule has 2 rings (SSSR count). The van der Waals surface area contributed by atoms with Crippen LogP contribution in [0.25, 0.3) is 0 Å². The summed E-state index contributed by atoms with van der Waals surface area (Å²) in [5.41, 5.74) is -0.153. The predicted molar refractivity (Wildman–Crippen MR) is 67.8 cm³/mol. The van der Waals surface area contributed by atoms with Crippen LogP contribution in [-0.4, -0.2) is 25.0 Å². The van der Waals surface area contributed by atoms with E-state index >= 15 is 0 Å². The van der Waals surface area contributed by atoms with E-state index in [1.54, 1.807) is 0 Å². The molecule has 2 heterocycles. The second kappa shape index (κ2) is 5.39. The molecule has 18 heavy (non-hydrogen) atoms. The molecule has 1 N–H and O–H groups in total. The Bertz CT molecular complexity index is 330. The first-order valence-corrected chi connectivity index (χ1v) is 6.95. The molecule has 2 unspecified atom stereocenters. The van der Waals surface area contributed by atoms with Gasteiger partial charge in [0.1, 0.15) is 0 Å². The molecule has 0 aliphatic carbocycles. The highest BCUT2D eigenvalue weighted by molar-refractivity contribution is 5.99. The predicted octanol–water partition coefficient (Wildman–Crippen LogP) is 1.88. The highest BCUT2D eigenvalue weighted by Gasteiger charge is 2.48. The average molecular weight is 253 g/mol. The first kappa shape index (κ1) is 13.5. The third-order valence-electron chi connectivity index (χ3n) is 4.25. The number of carbonyl (C=O) groups excluding carboxylic acids is 2. The lowest BCUT2D eigenvalue weighted by Crippen LogP contribution is -2.52. The van der Waals surface area contributed by atoms with Crippen LogP contribution in [0.3, 0.4) is 0 Å². The smallest absolute Gasteiger partial charge is 0.230 e. The number of nitrogens with one attached hydrogen (secondary N) is 1. The van der Waals surface area contributed by atoms with E-state index < -0.39 is 0 Å². The van der Waals surface area contributed by atoms with Crippen LogP contribution in [0.5, 0.6) is 0 Å². The molecule has 2 aliphatic heterocycles. The van der Waals surface area contributed by atoms with Gasteiger partial charge in [0.2, 0.25) is 11.8 Å². The van der Waals surface area contributed by atoms with Gasteiger partial charge in [0.05, 0.1) is 0 Å². The minimum absolute atomic E-state index is 0.0306. The Hall–Kier alpha value is -0.900. The molecule has 0 aromatic carbocycles. The van der Waals surface area contributed by atoms with E-state index in [0.29, 0.717) is 18.9 Å². The maximum absolute atomic E-state index is 12.2. The van der Waals surface area contributed by atoms with Gasteiger partial charge in [-0.3, -0.25) is 14.9 Å². The van der Waals surface area contributed by atoms with E-state index in [1.165, 1.54) is 0 Å². The van der Waals surface area contributed by atoms with Crippen molar-refractivity contribution in [1.29, 1.82) is 0 Å². The zero-order chi connectivity index (χ0) is 13.2. The van der Waals surface area contributed by atoms with Gasteiger partial charge in [-0.1, -0.05) is 13.8 Å². The molecule has 0 aromatic heterocycles. The molecule has 0 aromatic rings. The number of rotatable bonds is 2.